The summed E-state index contributed by atoms with van der Waals surface area (Å²) in [5.74, 6) is 1.65. The van der Waals surface area contributed by atoms with Crippen LogP contribution in [0, 0.1) is 0 Å². The summed E-state index contributed by atoms with van der Waals surface area (Å²) in [7, 11) is 0. The summed E-state index contributed by atoms with van der Waals surface area (Å²) >= 11 is 1.32. The van der Waals surface area contributed by atoms with Crippen LogP contribution in [-0.2, 0) is 16.0 Å². The number of primary amides is 1. The molecule has 1 saturated carbocycles. The molecule has 0 saturated heterocycles. The van der Waals surface area contributed by atoms with Gasteiger partial charge in [0.25, 0.3) is 5.91 Å². The summed E-state index contributed by atoms with van der Waals surface area (Å²) in [6, 6.07) is 7.24. The summed E-state index contributed by atoms with van der Waals surface area (Å²) in [5, 5.41) is 15.2. The van der Waals surface area contributed by atoms with E-state index in [1.54, 1.807) is 24.7 Å². The van der Waals surface area contributed by atoms with Crippen LogP contribution in [0.15, 0.2) is 55.9 Å². The van der Waals surface area contributed by atoms with Crippen molar-refractivity contribution in [3.8, 4) is 0 Å². The van der Waals surface area contributed by atoms with E-state index in [1.807, 2.05) is 16.7 Å². The van der Waals surface area contributed by atoms with Gasteiger partial charge < -0.3 is 19.1 Å². The normalized spacial score (nSPS) is 18.2. The number of hydrazone groups is 1. The quantitative estimate of drug-likeness (QED) is 0.491. The van der Waals surface area contributed by atoms with E-state index in [-0.39, 0.29) is 30.0 Å². The first-order valence-corrected chi connectivity index (χ1v) is 11.4. The minimum Gasteiger partial charge on any atom is -0.467 e. The molecule has 2 N–H and O–H groups in total. The average molecular weight is 455 g/mol. The molecule has 10 nitrogen and oxygen atoms in total. The highest BCUT2D eigenvalue weighted by molar-refractivity contribution is 7.99. The second kappa shape index (κ2) is 8.65. The number of carbonyl (C=O) groups excluding carboxylic acids is 2. The summed E-state index contributed by atoms with van der Waals surface area (Å²) in [6.07, 6.45) is 6.41. The average Bonchev–Trinajstić information content (AvgIpc) is 3.29. The Bertz CT molecular complexity index is 1130. The van der Waals surface area contributed by atoms with Crippen LogP contribution in [0.1, 0.15) is 55.1 Å². The first-order valence-electron chi connectivity index (χ1n) is 10.4. The monoisotopic (exact) mass is 454 g/mol. The van der Waals surface area contributed by atoms with Gasteiger partial charge in [0, 0.05) is 25.3 Å². The van der Waals surface area contributed by atoms with Gasteiger partial charge in [-0.25, -0.2) is 5.01 Å². The summed E-state index contributed by atoms with van der Waals surface area (Å²) in [6.45, 7) is 0. The van der Waals surface area contributed by atoms with Gasteiger partial charge in [-0.2, -0.15) is 5.10 Å². The highest BCUT2D eigenvalue weighted by Gasteiger charge is 2.36. The van der Waals surface area contributed by atoms with Crippen molar-refractivity contribution in [2.75, 3.05) is 5.75 Å². The number of rotatable bonds is 9. The van der Waals surface area contributed by atoms with Gasteiger partial charge in [0.05, 0.1) is 18.3 Å². The van der Waals surface area contributed by atoms with Crippen LogP contribution in [0.2, 0.25) is 0 Å². The van der Waals surface area contributed by atoms with Gasteiger partial charge >= 0.3 is 0 Å². The lowest BCUT2D eigenvalue weighted by Gasteiger charge is -2.19. The molecule has 0 radical (unpaired) electrons. The Morgan fingerprint density at radius 3 is 2.66 bits per heavy atom. The zero-order chi connectivity index (χ0) is 22.1. The first kappa shape index (κ1) is 20.6. The molecule has 5 rings (SSSR count). The lowest BCUT2D eigenvalue weighted by molar-refractivity contribution is -0.130. The molecule has 2 amide bonds. The summed E-state index contributed by atoms with van der Waals surface area (Å²) in [4.78, 5) is 24.3. The fraction of sp³-hybridized carbons (Fsp3) is 0.381. The number of thioether (sulfide) groups is 1. The third-order valence-corrected chi connectivity index (χ3v) is 6.34. The molecule has 0 bridgehead atoms. The SMILES string of the molecule is NC(=O)CCc1nnc(SCC(=O)N2N=C(c3ccco3)C[C@H]2c2ccco2)n1C1CC1. The number of aryl methyl sites for hydroxylation is 1. The molecule has 0 spiro atoms. The molecule has 2 aliphatic rings. The van der Waals surface area contributed by atoms with Crippen molar-refractivity contribution in [1.29, 1.82) is 0 Å². The maximum atomic E-state index is 13.2. The Morgan fingerprint density at radius 2 is 1.97 bits per heavy atom. The van der Waals surface area contributed by atoms with Crippen LogP contribution in [0.4, 0.5) is 0 Å². The maximum absolute atomic E-state index is 13.2. The van der Waals surface area contributed by atoms with Crippen molar-refractivity contribution >= 4 is 29.3 Å². The van der Waals surface area contributed by atoms with Gasteiger partial charge in [-0.05, 0) is 37.1 Å². The fourth-order valence-electron chi connectivity index (χ4n) is 3.74. The molecule has 11 heteroatoms. The van der Waals surface area contributed by atoms with Gasteiger partial charge in [0.1, 0.15) is 29.1 Å². The predicted octanol–water partition coefficient (Wildman–Crippen LogP) is 2.69. The standard InChI is InChI=1S/C21H22N6O4S/c22-18(28)7-8-19-23-24-21(26(19)13-5-6-13)32-12-20(29)27-15(17-4-2-10-31-17)11-14(25-27)16-3-1-9-30-16/h1-4,9-10,13,15H,5-8,11-12H2,(H2,22,28)/t15-/m0/s1. The van der Waals surface area contributed by atoms with Gasteiger partial charge in [0.15, 0.2) is 5.16 Å². The van der Waals surface area contributed by atoms with E-state index in [9.17, 15) is 9.59 Å². The molecule has 4 heterocycles. The Hall–Kier alpha value is -3.34. The lowest BCUT2D eigenvalue weighted by Crippen LogP contribution is -2.28. The second-order valence-electron chi connectivity index (χ2n) is 7.75. The third-order valence-electron chi connectivity index (χ3n) is 5.41. The van der Waals surface area contributed by atoms with E-state index in [2.05, 4.69) is 15.3 Å². The largest absolute Gasteiger partial charge is 0.467 e. The fourth-order valence-corrected chi connectivity index (χ4v) is 4.61. The van der Waals surface area contributed by atoms with E-state index in [0.717, 1.165) is 18.7 Å². The van der Waals surface area contributed by atoms with Crippen molar-refractivity contribution in [1.82, 2.24) is 19.8 Å². The molecular weight excluding hydrogens is 432 g/mol. The number of carbonyl (C=O) groups is 2. The molecule has 0 aromatic carbocycles. The van der Waals surface area contributed by atoms with Crippen molar-refractivity contribution < 1.29 is 18.4 Å². The third kappa shape index (κ3) is 4.20. The highest BCUT2D eigenvalue weighted by Crippen LogP contribution is 2.39. The number of aromatic nitrogens is 3. The molecule has 32 heavy (non-hydrogen) atoms. The Balaban J connectivity index is 1.32. The van der Waals surface area contributed by atoms with Crippen molar-refractivity contribution in [3.63, 3.8) is 0 Å². The predicted molar refractivity (Wildman–Crippen MR) is 115 cm³/mol. The van der Waals surface area contributed by atoms with E-state index in [0.29, 0.717) is 41.3 Å². The highest BCUT2D eigenvalue weighted by atomic mass is 32.2. The maximum Gasteiger partial charge on any atom is 0.253 e. The number of nitrogens with two attached hydrogens (primary N) is 1. The topological polar surface area (TPSA) is 133 Å². The molecule has 0 unspecified atom stereocenters. The van der Waals surface area contributed by atoms with Gasteiger partial charge in [-0.1, -0.05) is 11.8 Å². The van der Waals surface area contributed by atoms with E-state index in [4.69, 9.17) is 14.6 Å². The van der Waals surface area contributed by atoms with Crippen molar-refractivity contribution in [3.05, 3.63) is 54.1 Å². The van der Waals surface area contributed by atoms with E-state index < -0.39 is 0 Å². The Labute approximate surface area is 187 Å². The minimum absolute atomic E-state index is 0.146. The van der Waals surface area contributed by atoms with Crippen LogP contribution in [0.3, 0.4) is 0 Å². The number of hydrogen-bond donors (Lipinski definition) is 1. The minimum atomic E-state index is -0.372. The molecule has 1 aliphatic heterocycles. The van der Waals surface area contributed by atoms with Crippen molar-refractivity contribution in [2.45, 2.75) is 49.3 Å². The first-order chi connectivity index (χ1) is 15.6. The molecule has 1 atom stereocenters. The summed E-state index contributed by atoms with van der Waals surface area (Å²) < 4.78 is 13.1. The molecule has 166 valence electrons. The number of hydrogen-bond acceptors (Lipinski definition) is 8. The molecule has 1 fully saturated rings. The van der Waals surface area contributed by atoms with Crippen molar-refractivity contribution in [2.24, 2.45) is 10.8 Å². The van der Waals surface area contributed by atoms with Gasteiger partial charge in [-0.15, -0.1) is 10.2 Å². The molecule has 3 aromatic rings. The molecular formula is C21H22N6O4S. The smallest absolute Gasteiger partial charge is 0.253 e. The van der Waals surface area contributed by atoms with Crippen LogP contribution in [0.5, 0.6) is 0 Å². The van der Waals surface area contributed by atoms with E-state index in [1.165, 1.54) is 16.8 Å². The Morgan fingerprint density at radius 1 is 1.16 bits per heavy atom. The molecule has 3 aromatic heterocycles. The number of amides is 2. The van der Waals surface area contributed by atoms with Gasteiger partial charge in [0.2, 0.25) is 5.91 Å². The van der Waals surface area contributed by atoms with Crippen LogP contribution >= 0.6 is 11.8 Å². The Kier molecular flexibility index (Phi) is 5.56. The van der Waals surface area contributed by atoms with E-state index >= 15 is 0 Å². The second-order valence-corrected chi connectivity index (χ2v) is 8.70. The summed E-state index contributed by atoms with van der Waals surface area (Å²) in [5.41, 5.74) is 5.98. The number of nitrogens with zero attached hydrogens (tertiary/aromatic N) is 5. The molecule has 1 aliphatic carbocycles. The lowest BCUT2D eigenvalue weighted by atomic mass is 10.1. The van der Waals surface area contributed by atoms with Gasteiger partial charge in [-0.3, -0.25) is 9.59 Å². The van der Waals surface area contributed by atoms with Crippen LogP contribution in [-0.4, -0.2) is 43.1 Å². The van der Waals surface area contributed by atoms with Crippen LogP contribution in [0.25, 0.3) is 0 Å². The zero-order valence-corrected chi connectivity index (χ0v) is 18.0. The zero-order valence-electron chi connectivity index (χ0n) is 17.2. The van der Waals surface area contributed by atoms with Crippen LogP contribution < -0.4 is 5.73 Å². The number of furan rings is 2.